The molecule has 1 fully saturated rings. The van der Waals surface area contributed by atoms with Crippen molar-refractivity contribution in [2.75, 3.05) is 31.1 Å². The molecule has 0 radical (unpaired) electrons. The van der Waals surface area contributed by atoms with Gasteiger partial charge in [-0.1, -0.05) is 19.1 Å². The average Bonchev–Trinajstić information content (AvgIpc) is 3.01. The Morgan fingerprint density at radius 2 is 1.62 bits per heavy atom. The SMILES string of the molecule is CCCn1c(=O)n(C[NH+]2CCN(c3ccc([N+](=O)[O-])cc3)CC2)c2ccccc21. The summed E-state index contributed by atoms with van der Waals surface area (Å²) in [7, 11) is 0. The van der Waals surface area contributed by atoms with E-state index in [2.05, 4.69) is 11.8 Å². The third-order valence-electron chi connectivity index (χ3n) is 5.65. The summed E-state index contributed by atoms with van der Waals surface area (Å²) in [6.07, 6.45) is 0.925. The van der Waals surface area contributed by atoms with Crippen molar-refractivity contribution in [1.82, 2.24) is 9.13 Å². The summed E-state index contributed by atoms with van der Waals surface area (Å²) >= 11 is 0. The van der Waals surface area contributed by atoms with E-state index in [4.69, 9.17) is 0 Å². The number of hydrogen-bond acceptors (Lipinski definition) is 4. The lowest BCUT2D eigenvalue weighted by molar-refractivity contribution is -0.923. The van der Waals surface area contributed by atoms with Crippen LogP contribution in [0, 0.1) is 10.1 Å². The zero-order chi connectivity index (χ0) is 20.4. The van der Waals surface area contributed by atoms with Gasteiger partial charge in [-0.3, -0.25) is 14.7 Å². The molecule has 152 valence electrons. The van der Waals surface area contributed by atoms with Crippen molar-refractivity contribution in [3.05, 3.63) is 69.1 Å². The van der Waals surface area contributed by atoms with Gasteiger partial charge in [-0.05, 0) is 30.7 Å². The van der Waals surface area contributed by atoms with Crippen molar-refractivity contribution in [3.8, 4) is 0 Å². The lowest BCUT2D eigenvalue weighted by Crippen LogP contribution is -3.14. The van der Waals surface area contributed by atoms with Crippen LogP contribution in [-0.4, -0.2) is 40.2 Å². The number of nitro groups is 1. The summed E-state index contributed by atoms with van der Waals surface area (Å²) in [4.78, 5) is 27.0. The standard InChI is InChI=1S/C21H25N5O3/c1-2-11-24-19-5-3-4-6-20(19)25(21(24)27)16-22-12-14-23(15-13-22)17-7-9-18(10-8-17)26(28)29/h3-10H,2,11-16H2,1H3/p+1. The fraction of sp³-hybridized carbons (Fsp3) is 0.381. The molecular weight excluding hydrogens is 370 g/mol. The van der Waals surface area contributed by atoms with Gasteiger partial charge in [0.2, 0.25) is 0 Å². The summed E-state index contributed by atoms with van der Waals surface area (Å²) < 4.78 is 3.78. The molecule has 8 heteroatoms. The molecule has 3 aromatic rings. The number of non-ortho nitro benzene ring substituents is 1. The molecule has 1 N–H and O–H groups in total. The molecule has 1 aliphatic rings. The summed E-state index contributed by atoms with van der Waals surface area (Å²) in [5.41, 5.74) is 3.19. The molecule has 2 heterocycles. The van der Waals surface area contributed by atoms with E-state index in [1.165, 1.54) is 4.90 Å². The van der Waals surface area contributed by atoms with Crippen molar-refractivity contribution in [2.45, 2.75) is 26.6 Å². The van der Waals surface area contributed by atoms with Gasteiger partial charge in [0.1, 0.15) is 0 Å². The minimum Gasteiger partial charge on any atom is -0.360 e. The van der Waals surface area contributed by atoms with E-state index in [1.807, 2.05) is 45.5 Å². The molecule has 29 heavy (non-hydrogen) atoms. The molecule has 0 saturated carbocycles. The highest BCUT2D eigenvalue weighted by Gasteiger charge is 2.23. The van der Waals surface area contributed by atoms with E-state index in [1.54, 1.807) is 12.1 Å². The Kier molecular flexibility index (Phi) is 5.35. The van der Waals surface area contributed by atoms with E-state index in [0.29, 0.717) is 6.67 Å². The number of nitrogens with one attached hydrogen (secondary N) is 1. The van der Waals surface area contributed by atoms with E-state index >= 15 is 0 Å². The predicted octanol–water partition coefficient (Wildman–Crippen LogP) is 1.48. The molecule has 0 unspecified atom stereocenters. The number of imidazole rings is 1. The second-order valence-corrected chi connectivity index (χ2v) is 7.52. The number of anilines is 1. The highest BCUT2D eigenvalue weighted by Crippen LogP contribution is 2.19. The predicted molar refractivity (Wildman–Crippen MR) is 112 cm³/mol. The van der Waals surface area contributed by atoms with Crippen LogP contribution < -0.4 is 15.5 Å². The Morgan fingerprint density at radius 3 is 2.21 bits per heavy atom. The third kappa shape index (κ3) is 3.75. The molecule has 4 rings (SSSR count). The van der Waals surface area contributed by atoms with Crippen LogP contribution in [0.25, 0.3) is 11.0 Å². The molecule has 0 spiro atoms. The van der Waals surface area contributed by atoms with Crippen molar-refractivity contribution in [2.24, 2.45) is 0 Å². The van der Waals surface area contributed by atoms with E-state index in [-0.39, 0.29) is 16.3 Å². The average molecular weight is 396 g/mol. The van der Waals surface area contributed by atoms with Gasteiger partial charge in [0.15, 0.2) is 6.67 Å². The number of hydrogen-bond donors (Lipinski definition) is 1. The number of aromatic nitrogens is 2. The molecule has 0 amide bonds. The van der Waals surface area contributed by atoms with E-state index in [9.17, 15) is 14.9 Å². The fourth-order valence-corrected chi connectivity index (χ4v) is 4.11. The number of para-hydroxylation sites is 2. The van der Waals surface area contributed by atoms with Crippen LogP contribution in [0.15, 0.2) is 53.3 Å². The summed E-state index contributed by atoms with van der Waals surface area (Å²) in [6, 6.07) is 14.7. The maximum atomic E-state index is 13.0. The first-order valence-electron chi connectivity index (χ1n) is 10.1. The minimum atomic E-state index is -0.376. The lowest BCUT2D eigenvalue weighted by atomic mass is 10.2. The normalized spacial score (nSPS) is 15.1. The van der Waals surface area contributed by atoms with Gasteiger partial charge >= 0.3 is 5.69 Å². The van der Waals surface area contributed by atoms with Crippen LogP contribution in [0.5, 0.6) is 0 Å². The zero-order valence-corrected chi connectivity index (χ0v) is 16.6. The molecule has 1 aromatic heterocycles. The minimum absolute atomic E-state index is 0.0679. The Labute approximate surface area is 168 Å². The van der Waals surface area contributed by atoms with Crippen molar-refractivity contribution >= 4 is 22.4 Å². The summed E-state index contributed by atoms with van der Waals surface area (Å²) in [6.45, 7) is 7.01. The molecule has 1 saturated heterocycles. The first kappa shape index (κ1) is 19.2. The third-order valence-corrected chi connectivity index (χ3v) is 5.65. The van der Waals surface area contributed by atoms with Crippen LogP contribution >= 0.6 is 0 Å². The van der Waals surface area contributed by atoms with Crippen molar-refractivity contribution in [3.63, 3.8) is 0 Å². The topological polar surface area (TPSA) is 77.8 Å². The maximum absolute atomic E-state index is 13.0. The number of rotatable bonds is 6. The Morgan fingerprint density at radius 1 is 1.00 bits per heavy atom. The molecule has 8 nitrogen and oxygen atoms in total. The summed E-state index contributed by atoms with van der Waals surface area (Å²) in [5, 5.41) is 10.8. The molecule has 0 aliphatic carbocycles. The van der Waals surface area contributed by atoms with Gasteiger partial charge in [0.25, 0.3) is 5.69 Å². The highest BCUT2D eigenvalue weighted by atomic mass is 16.6. The molecular formula is C21H26N5O3+. The second-order valence-electron chi connectivity index (χ2n) is 7.52. The van der Waals surface area contributed by atoms with Gasteiger partial charge in [-0.15, -0.1) is 0 Å². The number of aryl methyl sites for hydroxylation is 1. The van der Waals surface area contributed by atoms with Crippen LogP contribution in [0.4, 0.5) is 11.4 Å². The number of fused-ring (bicyclic) bond motifs is 1. The van der Waals surface area contributed by atoms with Crippen LogP contribution in [0.3, 0.4) is 0 Å². The van der Waals surface area contributed by atoms with Gasteiger partial charge in [0.05, 0.1) is 42.1 Å². The number of quaternary nitrogens is 1. The fourth-order valence-electron chi connectivity index (χ4n) is 4.11. The van der Waals surface area contributed by atoms with E-state index in [0.717, 1.165) is 55.9 Å². The van der Waals surface area contributed by atoms with Gasteiger partial charge in [0, 0.05) is 24.4 Å². The number of nitro benzene ring substituents is 1. The first-order chi connectivity index (χ1) is 14.1. The number of piperazine rings is 1. The van der Waals surface area contributed by atoms with Crippen LogP contribution in [0.1, 0.15) is 13.3 Å². The smallest absolute Gasteiger partial charge is 0.333 e. The number of benzene rings is 2. The van der Waals surface area contributed by atoms with E-state index < -0.39 is 0 Å². The van der Waals surface area contributed by atoms with Gasteiger partial charge < -0.3 is 9.80 Å². The molecule has 0 atom stereocenters. The zero-order valence-electron chi connectivity index (χ0n) is 16.6. The Balaban J connectivity index is 1.47. The second kappa shape index (κ2) is 8.08. The monoisotopic (exact) mass is 396 g/mol. The quantitative estimate of drug-likeness (QED) is 0.506. The maximum Gasteiger partial charge on any atom is 0.333 e. The summed E-state index contributed by atoms with van der Waals surface area (Å²) in [5.74, 6) is 0. The van der Waals surface area contributed by atoms with Crippen molar-refractivity contribution < 1.29 is 9.82 Å². The van der Waals surface area contributed by atoms with Crippen LogP contribution in [0.2, 0.25) is 0 Å². The van der Waals surface area contributed by atoms with Crippen molar-refractivity contribution in [1.29, 1.82) is 0 Å². The number of nitrogens with zero attached hydrogens (tertiary/aromatic N) is 4. The largest absolute Gasteiger partial charge is 0.360 e. The molecule has 1 aliphatic heterocycles. The Bertz CT molecular complexity index is 1060. The van der Waals surface area contributed by atoms with Crippen LogP contribution in [-0.2, 0) is 13.2 Å². The lowest BCUT2D eigenvalue weighted by Gasteiger charge is -2.33. The highest BCUT2D eigenvalue weighted by molar-refractivity contribution is 5.75. The molecule has 0 bridgehead atoms. The first-order valence-corrected chi connectivity index (χ1v) is 10.1. The van der Waals surface area contributed by atoms with Gasteiger partial charge in [-0.25, -0.2) is 9.36 Å². The van der Waals surface area contributed by atoms with Gasteiger partial charge in [-0.2, -0.15) is 0 Å². The Hall–Kier alpha value is -3.13. The molecule has 2 aromatic carbocycles.